The van der Waals surface area contributed by atoms with Gasteiger partial charge in [0.1, 0.15) is 0 Å². The summed E-state index contributed by atoms with van der Waals surface area (Å²) in [6.45, 7) is 2.93. The molecule has 1 aromatic rings. The van der Waals surface area contributed by atoms with E-state index in [1.165, 1.54) is 44.6 Å². The first-order chi connectivity index (χ1) is 10.2. The number of halogens is 2. The highest BCUT2D eigenvalue weighted by Crippen LogP contribution is 2.28. The van der Waals surface area contributed by atoms with Gasteiger partial charge in [0.25, 0.3) is 0 Å². The van der Waals surface area contributed by atoms with E-state index in [1.807, 2.05) is 0 Å². The molecule has 0 aliphatic heterocycles. The Morgan fingerprint density at radius 1 is 1.19 bits per heavy atom. The van der Waals surface area contributed by atoms with E-state index in [0.29, 0.717) is 12.0 Å². The number of likely N-dealkylation sites (N-methyl/N-ethyl adjacent to an activating group) is 1. The number of benzene rings is 1. The summed E-state index contributed by atoms with van der Waals surface area (Å²) in [6.07, 6.45) is 9.60. The molecule has 1 aliphatic rings. The maximum Gasteiger partial charge on any atom is 0.162 e. The molecule has 0 heterocycles. The number of rotatable bonds is 7. The van der Waals surface area contributed by atoms with E-state index in [-0.39, 0.29) is 6.04 Å². The fourth-order valence-corrected chi connectivity index (χ4v) is 3.45. The van der Waals surface area contributed by atoms with Crippen molar-refractivity contribution in [3.63, 3.8) is 0 Å². The molecule has 0 bridgehead atoms. The van der Waals surface area contributed by atoms with Crippen molar-refractivity contribution < 1.29 is 8.78 Å². The van der Waals surface area contributed by atoms with E-state index in [4.69, 9.17) is 0 Å². The van der Waals surface area contributed by atoms with E-state index in [9.17, 15) is 8.78 Å². The van der Waals surface area contributed by atoms with Gasteiger partial charge < -0.3 is 5.32 Å². The monoisotopic (exact) mass is 295 g/mol. The van der Waals surface area contributed by atoms with Crippen LogP contribution in [0, 0.1) is 17.6 Å². The normalized spacial score (nSPS) is 17.9. The van der Waals surface area contributed by atoms with Crippen LogP contribution in [-0.4, -0.2) is 12.6 Å². The van der Waals surface area contributed by atoms with Gasteiger partial charge in [-0.15, -0.1) is 0 Å². The lowest BCUT2D eigenvalue weighted by atomic mass is 9.84. The van der Waals surface area contributed by atoms with Crippen molar-refractivity contribution >= 4 is 0 Å². The summed E-state index contributed by atoms with van der Waals surface area (Å²) in [6, 6.07) is 4.72. The summed E-state index contributed by atoms with van der Waals surface area (Å²) in [5.74, 6) is -0.592. The van der Waals surface area contributed by atoms with Crippen molar-refractivity contribution in [3.8, 4) is 0 Å². The van der Waals surface area contributed by atoms with Crippen LogP contribution in [0.4, 0.5) is 8.78 Å². The first kappa shape index (κ1) is 16.4. The maximum absolute atomic E-state index is 13.8. The maximum atomic E-state index is 13.8. The third-order valence-corrected chi connectivity index (χ3v) is 4.64. The summed E-state index contributed by atoms with van der Waals surface area (Å²) in [5.41, 5.74) is 0.490. The Morgan fingerprint density at radius 3 is 2.67 bits per heavy atom. The van der Waals surface area contributed by atoms with Crippen molar-refractivity contribution in [2.45, 2.75) is 64.3 Å². The average molecular weight is 295 g/mol. The van der Waals surface area contributed by atoms with Crippen LogP contribution < -0.4 is 5.32 Å². The fraction of sp³-hybridized carbons (Fsp3) is 0.667. The number of hydrogen-bond donors (Lipinski definition) is 1. The van der Waals surface area contributed by atoms with Gasteiger partial charge in [-0.05, 0) is 43.4 Å². The Hall–Kier alpha value is -0.960. The van der Waals surface area contributed by atoms with Crippen molar-refractivity contribution in [1.82, 2.24) is 5.32 Å². The Balaban J connectivity index is 1.90. The van der Waals surface area contributed by atoms with Gasteiger partial charge in [0.05, 0.1) is 0 Å². The van der Waals surface area contributed by atoms with Crippen LogP contribution in [0.25, 0.3) is 0 Å². The van der Waals surface area contributed by atoms with Crippen molar-refractivity contribution in [2.75, 3.05) is 6.54 Å². The lowest BCUT2D eigenvalue weighted by Crippen LogP contribution is -2.32. The number of hydrogen-bond acceptors (Lipinski definition) is 1. The van der Waals surface area contributed by atoms with Crippen LogP contribution >= 0.6 is 0 Å². The Labute approximate surface area is 127 Å². The third-order valence-electron chi connectivity index (χ3n) is 4.64. The molecule has 2 rings (SSSR count). The molecule has 118 valence electrons. The number of nitrogens with one attached hydrogen (secondary N) is 1. The minimum Gasteiger partial charge on any atom is -0.314 e. The quantitative estimate of drug-likeness (QED) is 0.758. The van der Waals surface area contributed by atoms with Crippen LogP contribution in [0.1, 0.15) is 57.4 Å². The van der Waals surface area contributed by atoms with Gasteiger partial charge in [-0.25, -0.2) is 8.78 Å². The standard InChI is InChI=1S/C18H27F2N/c1-2-21-16(12-11-14-7-4-3-5-8-14)13-15-9-6-10-17(19)18(15)20/h6,9-10,14,16,21H,2-5,7-8,11-13H2,1H3. The topological polar surface area (TPSA) is 12.0 Å². The molecule has 1 N–H and O–H groups in total. The molecule has 0 amide bonds. The van der Waals surface area contributed by atoms with Gasteiger partial charge in [-0.1, -0.05) is 51.2 Å². The lowest BCUT2D eigenvalue weighted by molar-refractivity contribution is 0.312. The third kappa shape index (κ3) is 5.06. The van der Waals surface area contributed by atoms with E-state index >= 15 is 0 Å². The zero-order valence-corrected chi connectivity index (χ0v) is 13.0. The molecule has 21 heavy (non-hydrogen) atoms. The van der Waals surface area contributed by atoms with E-state index in [2.05, 4.69) is 12.2 Å². The molecule has 1 saturated carbocycles. The molecule has 0 spiro atoms. The average Bonchev–Trinajstić information content (AvgIpc) is 2.50. The molecule has 3 heteroatoms. The highest BCUT2D eigenvalue weighted by atomic mass is 19.2. The van der Waals surface area contributed by atoms with Gasteiger partial charge >= 0.3 is 0 Å². The van der Waals surface area contributed by atoms with Crippen LogP contribution in [0.5, 0.6) is 0 Å². The Bertz CT molecular complexity index is 427. The fourth-order valence-electron chi connectivity index (χ4n) is 3.45. The summed E-state index contributed by atoms with van der Waals surface area (Å²) < 4.78 is 27.1. The first-order valence-corrected chi connectivity index (χ1v) is 8.37. The molecular weight excluding hydrogens is 268 g/mol. The van der Waals surface area contributed by atoms with Gasteiger partial charge in [-0.2, -0.15) is 0 Å². The molecular formula is C18H27F2N. The minimum atomic E-state index is -0.741. The molecule has 1 unspecified atom stereocenters. The second kappa shape index (κ2) is 8.47. The van der Waals surface area contributed by atoms with Crippen molar-refractivity contribution in [3.05, 3.63) is 35.4 Å². The second-order valence-corrected chi connectivity index (χ2v) is 6.25. The summed E-state index contributed by atoms with van der Waals surface area (Å²) >= 11 is 0. The second-order valence-electron chi connectivity index (χ2n) is 6.25. The molecule has 0 saturated heterocycles. The Morgan fingerprint density at radius 2 is 1.95 bits per heavy atom. The molecule has 0 radical (unpaired) electrons. The van der Waals surface area contributed by atoms with Crippen LogP contribution in [0.3, 0.4) is 0 Å². The zero-order chi connectivity index (χ0) is 15.1. The Kier molecular flexibility index (Phi) is 6.62. The highest BCUT2D eigenvalue weighted by Gasteiger charge is 2.18. The van der Waals surface area contributed by atoms with Gasteiger partial charge in [0.2, 0.25) is 0 Å². The minimum absolute atomic E-state index is 0.244. The summed E-state index contributed by atoms with van der Waals surface area (Å²) in [5, 5.41) is 3.43. The van der Waals surface area contributed by atoms with Gasteiger partial charge in [0, 0.05) is 6.04 Å². The van der Waals surface area contributed by atoms with Crippen molar-refractivity contribution in [2.24, 2.45) is 5.92 Å². The SMILES string of the molecule is CCNC(CCC1CCCCC1)Cc1cccc(F)c1F. The van der Waals surface area contributed by atoms with Gasteiger partial charge in [0.15, 0.2) is 11.6 Å². The van der Waals surface area contributed by atoms with Crippen LogP contribution in [-0.2, 0) is 6.42 Å². The highest BCUT2D eigenvalue weighted by molar-refractivity contribution is 5.20. The predicted octanol–water partition coefficient (Wildman–Crippen LogP) is 4.85. The molecule has 1 atom stereocenters. The van der Waals surface area contributed by atoms with Crippen LogP contribution in [0.2, 0.25) is 0 Å². The van der Waals surface area contributed by atoms with E-state index < -0.39 is 11.6 Å². The smallest absolute Gasteiger partial charge is 0.162 e. The molecule has 1 nitrogen and oxygen atoms in total. The largest absolute Gasteiger partial charge is 0.314 e. The van der Waals surface area contributed by atoms with Gasteiger partial charge in [-0.3, -0.25) is 0 Å². The molecule has 1 aliphatic carbocycles. The van der Waals surface area contributed by atoms with Crippen LogP contribution in [0.15, 0.2) is 18.2 Å². The summed E-state index contributed by atoms with van der Waals surface area (Å²) in [4.78, 5) is 0. The molecule has 1 fully saturated rings. The molecule has 0 aromatic heterocycles. The van der Waals surface area contributed by atoms with E-state index in [1.54, 1.807) is 12.1 Å². The first-order valence-electron chi connectivity index (χ1n) is 8.37. The zero-order valence-electron chi connectivity index (χ0n) is 13.0. The molecule has 1 aromatic carbocycles. The predicted molar refractivity (Wildman–Crippen MR) is 83.3 cm³/mol. The van der Waals surface area contributed by atoms with Crippen molar-refractivity contribution in [1.29, 1.82) is 0 Å². The van der Waals surface area contributed by atoms with E-state index in [0.717, 1.165) is 18.9 Å². The summed E-state index contributed by atoms with van der Waals surface area (Å²) in [7, 11) is 0. The lowest BCUT2D eigenvalue weighted by Gasteiger charge is -2.25.